The zero-order chi connectivity index (χ0) is 10.1. The number of nitrogens with two attached hydrogens (primary N) is 2. The number of hydrogen-bond donors (Lipinski definition) is 2. The summed E-state index contributed by atoms with van der Waals surface area (Å²) in [6.07, 6.45) is 1.06. The third-order valence-electron chi connectivity index (χ3n) is 1.31. The predicted octanol–water partition coefficient (Wildman–Crippen LogP) is -1.17. The lowest BCUT2D eigenvalue weighted by Crippen LogP contribution is -2.16. The number of rotatable bonds is 2. The molecule has 6 nitrogen and oxygen atoms in total. The maximum atomic E-state index is 10.7. The number of nitrogens with zero attached hydrogens (tertiary/aromatic N) is 1. The number of hydrogen-bond acceptors (Lipinski definition) is 4. The van der Waals surface area contributed by atoms with E-state index in [9.17, 15) is 13.2 Å². The molecule has 4 N–H and O–H groups in total. The summed E-state index contributed by atoms with van der Waals surface area (Å²) in [5.74, 6) is -0.673. The van der Waals surface area contributed by atoms with Crippen molar-refractivity contribution in [3.8, 4) is 0 Å². The summed E-state index contributed by atoms with van der Waals surface area (Å²) in [4.78, 5) is 14.0. The second-order valence-corrected chi connectivity index (χ2v) is 3.80. The predicted molar refractivity (Wildman–Crippen MR) is 44.1 cm³/mol. The second kappa shape index (κ2) is 3.11. The van der Waals surface area contributed by atoms with Crippen LogP contribution in [0.2, 0.25) is 0 Å². The molecular weight excluding hydrogens is 194 g/mol. The van der Waals surface area contributed by atoms with Crippen LogP contribution in [0.25, 0.3) is 0 Å². The topological polar surface area (TPSA) is 116 Å². The summed E-state index contributed by atoms with van der Waals surface area (Å²) in [7, 11) is -3.81. The second-order valence-electron chi connectivity index (χ2n) is 2.29. The number of carbonyl (C=O) groups excluding carboxylic acids is 1. The first-order chi connectivity index (χ1) is 5.91. The number of primary amides is 1. The van der Waals surface area contributed by atoms with E-state index in [1.807, 2.05) is 0 Å². The van der Waals surface area contributed by atoms with E-state index in [-0.39, 0.29) is 10.6 Å². The molecule has 0 aliphatic carbocycles. The first-order valence-corrected chi connectivity index (χ1v) is 4.74. The SMILES string of the molecule is NC(=O)c1ccc(S(N)(=O)=O)nc1. The van der Waals surface area contributed by atoms with Crippen molar-refractivity contribution in [3.05, 3.63) is 23.9 Å². The summed E-state index contributed by atoms with van der Waals surface area (Å²) < 4.78 is 21.4. The molecule has 0 spiro atoms. The summed E-state index contributed by atoms with van der Waals surface area (Å²) >= 11 is 0. The monoisotopic (exact) mass is 201 g/mol. The molecule has 1 aromatic rings. The maximum absolute atomic E-state index is 10.7. The summed E-state index contributed by atoms with van der Waals surface area (Å²) in [6, 6.07) is 2.37. The highest BCUT2D eigenvalue weighted by molar-refractivity contribution is 7.89. The van der Waals surface area contributed by atoms with Gasteiger partial charge in [0.2, 0.25) is 5.91 Å². The third kappa shape index (κ3) is 2.23. The molecule has 0 atom stereocenters. The van der Waals surface area contributed by atoms with Gasteiger partial charge in [0, 0.05) is 6.20 Å². The van der Waals surface area contributed by atoms with Crippen molar-refractivity contribution < 1.29 is 13.2 Å². The molecular formula is C6H7N3O3S. The van der Waals surface area contributed by atoms with Crippen LogP contribution in [0.4, 0.5) is 0 Å². The molecule has 7 heteroatoms. The zero-order valence-electron chi connectivity index (χ0n) is 6.47. The fourth-order valence-electron chi connectivity index (χ4n) is 0.694. The van der Waals surface area contributed by atoms with Crippen LogP contribution in [-0.2, 0) is 10.0 Å². The van der Waals surface area contributed by atoms with Gasteiger partial charge in [0.05, 0.1) is 5.56 Å². The van der Waals surface area contributed by atoms with E-state index in [0.717, 1.165) is 12.3 Å². The van der Waals surface area contributed by atoms with Gasteiger partial charge in [-0.3, -0.25) is 4.79 Å². The van der Waals surface area contributed by atoms with Crippen molar-refractivity contribution >= 4 is 15.9 Å². The summed E-state index contributed by atoms with van der Waals surface area (Å²) in [6.45, 7) is 0. The van der Waals surface area contributed by atoms with E-state index >= 15 is 0 Å². The van der Waals surface area contributed by atoms with Gasteiger partial charge in [-0.15, -0.1) is 0 Å². The molecule has 0 saturated carbocycles. The fraction of sp³-hybridized carbons (Fsp3) is 0. The average Bonchev–Trinajstić information content (AvgIpc) is 2.03. The summed E-state index contributed by atoms with van der Waals surface area (Å²) in [5, 5.41) is 4.48. The van der Waals surface area contributed by atoms with Crippen molar-refractivity contribution in [2.45, 2.75) is 5.03 Å². The minimum Gasteiger partial charge on any atom is -0.366 e. The van der Waals surface area contributed by atoms with Gasteiger partial charge in [-0.1, -0.05) is 0 Å². The van der Waals surface area contributed by atoms with Crippen LogP contribution >= 0.6 is 0 Å². The van der Waals surface area contributed by atoms with Crippen molar-refractivity contribution in [1.82, 2.24) is 4.98 Å². The Morgan fingerprint density at radius 3 is 2.31 bits per heavy atom. The van der Waals surface area contributed by atoms with Gasteiger partial charge in [-0.25, -0.2) is 18.5 Å². The van der Waals surface area contributed by atoms with E-state index in [4.69, 9.17) is 10.9 Å². The first-order valence-electron chi connectivity index (χ1n) is 3.20. The van der Waals surface area contributed by atoms with Crippen LogP contribution in [0.5, 0.6) is 0 Å². The summed E-state index contributed by atoms with van der Waals surface area (Å²) in [5.41, 5.74) is 5.05. The Labute approximate surface area is 74.6 Å². The highest BCUT2D eigenvalue weighted by Gasteiger charge is 2.09. The normalized spacial score (nSPS) is 11.2. The number of sulfonamides is 1. The molecule has 0 radical (unpaired) electrons. The van der Waals surface area contributed by atoms with Gasteiger partial charge in [-0.2, -0.15) is 0 Å². The highest BCUT2D eigenvalue weighted by atomic mass is 32.2. The van der Waals surface area contributed by atoms with Crippen LogP contribution in [0.3, 0.4) is 0 Å². The molecule has 70 valence electrons. The quantitative estimate of drug-likeness (QED) is 0.626. The van der Waals surface area contributed by atoms with Gasteiger partial charge in [0.1, 0.15) is 0 Å². The Morgan fingerprint density at radius 2 is 2.00 bits per heavy atom. The minimum absolute atomic E-state index is 0.132. The van der Waals surface area contributed by atoms with Crippen molar-refractivity contribution in [2.24, 2.45) is 10.9 Å². The smallest absolute Gasteiger partial charge is 0.255 e. The van der Waals surface area contributed by atoms with E-state index in [2.05, 4.69) is 4.98 Å². The molecule has 0 bridgehead atoms. The number of carbonyl (C=O) groups is 1. The van der Waals surface area contributed by atoms with E-state index in [0.29, 0.717) is 0 Å². The van der Waals surface area contributed by atoms with E-state index < -0.39 is 15.9 Å². The Kier molecular flexibility index (Phi) is 2.30. The molecule has 0 unspecified atom stereocenters. The van der Waals surface area contributed by atoms with E-state index in [1.54, 1.807) is 0 Å². The lowest BCUT2D eigenvalue weighted by Gasteiger charge is -1.97. The molecule has 1 aromatic heterocycles. The Balaban J connectivity index is 3.16. The van der Waals surface area contributed by atoms with Crippen LogP contribution in [0.1, 0.15) is 10.4 Å². The number of amides is 1. The highest BCUT2D eigenvalue weighted by Crippen LogP contribution is 2.03. The van der Waals surface area contributed by atoms with Gasteiger partial charge in [0.15, 0.2) is 5.03 Å². The largest absolute Gasteiger partial charge is 0.366 e. The van der Waals surface area contributed by atoms with Crippen LogP contribution in [0, 0.1) is 0 Å². The first kappa shape index (κ1) is 9.62. The molecule has 1 amide bonds. The lowest BCUT2D eigenvalue weighted by atomic mass is 10.3. The van der Waals surface area contributed by atoms with Crippen molar-refractivity contribution in [1.29, 1.82) is 0 Å². The minimum atomic E-state index is -3.81. The third-order valence-corrected chi connectivity index (χ3v) is 2.14. The van der Waals surface area contributed by atoms with Crippen molar-refractivity contribution in [3.63, 3.8) is 0 Å². The maximum Gasteiger partial charge on any atom is 0.255 e. The van der Waals surface area contributed by atoms with Gasteiger partial charge >= 0.3 is 0 Å². The van der Waals surface area contributed by atoms with Gasteiger partial charge < -0.3 is 5.73 Å². The molecule has 0 saturated heterocycles. The van der Waals surface area contributed by atoms with Gasteiger partial charge in [0.25, 0.3) is 10.0 Å². The molecule has 0 aliphatic heterocycles. The molecule has 0 aromatic carbocycles. The number of pyridine rings is 1. The Hall–Kier alpha value is -1.47. The van der Waals surface area contributed by atoms with Crippen LogP contribution in [0.15, 0.2) is 23.4 Å². The Bertz CT molecular complexity index is 423. The molecule has 1 rings (SSSR count). The van der Waals surface area contributed by atoms with Crippen LogP contribution in [-0.4, -0.2) is 19.3 Å². The lowest BCUT2D eigenvalue weighted by molar-refractivity contribution is 0.1000. The molecule has 13 heavy (non-hydrogen) atoms. The fourth-order valence-corrected chi connectivity index (χ4v) is 1.15. The molecule has 0 aliphatic rings. The number of primary sulfonamides is 1. The Morgan fingerprint density at radius 1 is 1.38 bits per heavy atom. The standard InChI is InChI=1S/C6H7N3O3S/c7-6(10)4-1-2-5(9-3-4)13(8,11)12/h1-3H,(H2,7,10)(H2,8,11,12). The van der Waals surface area contributed by atoms with Crippen molar-refractivity contribution in [2.75, 3.05) is 0 Å². The molecule has 1 heterocycles. The average molecular weight is 201 g/mol. The van der Waals surface area contributed by atoms with E-state index in [1.165, 1.54) is 6.07 Å². The van der Waals surface area contributed by atoms with Crippen LogP contribution < -0.4 is 10.9 Å². The zero-order valence-corrected chi connectivity index (χ0v) is 7.28. The van der Waals surface area contributed by atoms with Gasteiger partial charge in [-0.05, 0) is 12.1 Å². The molecule has 0 fully saturated rings. The number of aromatic nitrogens is 1.